The van der Waals surface area contributed by atoms with Crippen LogP contribution in [0.15, 0.2) is 0 Å². The lowest BCUT2D eigenvalue weighted by molar-refractivity contribution is -0.149. The van der Waals surface area contributed by atoms with Gasteiger partial charge in [-0.1, -0.05) is 27.2 Å². The topological polar surface area (TPSA) is 57.6 Å². The average Bonchev–Trinajstić information content (AvgIpc) is 2.82. The number of fused-ring (bicyclic) bond motifs is 1. The van der Waals surface area contributed by atoms with E-state index in [9.17, 15) is 14.7 Å². The molecule has 3 atom stereocenters. The Balaban J connectivity index is 2.02. The Bertz CT molecular complexity index is 372. The highest BCUT2D eigenvalue weighted by Crippen LogP contribution is 2.42. The molecule has 2 fully saturated rings. The minimum Gasteiger partial charge on any atom is -0.480 e. The van der Waals surface area contributed by atoms with E-state index in [1.54, 1.807) is 4.90 Å². The van der Waals surface area contributed by atoms with Gasteiger partial charge >= 0.3 is 5.97 Å². The summed E-state index contributed by atoms with van der Waals surface area (Å²) in [6, 6.07) is -0.569. The molecule has 1 saturated carbocycles. The Hall–Kier alpha value is -1.06. The number of amides is 1. The van der Waals surface area contributed by atoms with E-state index in [4.69, 9.17) is 0 Å². The van der Waals surface area contributed by atoms with E-state index in [1.807, 2.05) is 0 Å². The van der Waals surface area contributed by atoms with E-state index in [0.29, 0.717) is 18.9 Å². The van der Waals surface area contributed by atoms with E-state index in [-0.39, 0.29) is 17.2 Å². The molecule has 0 aromatic heterocycles. The maximum atomic E-state index is 12.3. The van der Waals surface area contributed by atoms with Gasteiger partial charge in [0.2, 0.25) is 5.91 Å². The zero-order valence-corrected chi connectivity index (χ0v) is 12.2. The highest BCUT2D eigenvalue weighted by Gasteiger charge is 2.49. The number of carbonyl (C=O) groups excluding carboxylic acids is 1. The normalized spacial score (nSPS) is 30.5. The summed E-state index contributed by atoms with van der Waals surface area (Å²) in [5, 5.41) is 9.41. The minimum absolute atomic E-state index is 0.0247. The molecule has 1 N–H and O–H groups in total. The fraction of sp³-hybridized carbons (Fsp3) is 0.867. The zero-order chi connectivity index (χ0) is 14.2. The average molecular weight is 267 g/mol. The van der Waals surface area contributed by atoms with Crippen LogP contribution in [0.4, 0.5) is 0 Å². The van der Waals surface area contributed by atoms with Crippen LogP contribution >= 0.6 is 0 Å². The molecule has 4 nitrogen and oxygen atoms in total. The first-order valence-corrected chi connectivity index (χ1v) is 7.32. The third-order valence-electron chi connectivity index (χ3n) is 4.55. The third-order valence-corrected chi connectivity index (χ3v) is 4.55. The number of aliphatic carboxylic acids is 1. The third kappa shape index (κ3) is 3.10. The van der Waals surface area contributed by atoms with E-state index in [2.05, 4.69) is 20.8 Å². The van der Waals surface area contributed by atoms with E-state index < -0.39 is 12.0 Å². The first-order chi connectivity index (χ1) is 8.79. The Morgan fingerprint density at radius 3 is 2.53 bits per heavy atom. The van der Waals surface area contributed by atoms with Gasteiger partial charge in [0.05, 0.1) is 0 Å². The maximum absolute atomic E-state index is 12.3. The van der Waals surface area contributed by atoms with Gasteiger partial charge in [0.1, 0.15) is 6.04 Å². The van der Waals surface area contributed by atoms with Crippen LogP contribution in [0.25, 0.3) is 0 Å². The van der Waals surface area contributed by atoms with Gasteiger partial charge in [-0.15, -0.1) is 0 Å². The van der Waals surface area contributed by atoms with Crippen molar-refractivity contribution in [1.82, 2.24) is 4.90 Å². The van der Waals surface area contributed by atoms with Crippen LogP contribution in [0.1, 0.15) is 52.9 Å². The van der Waals surface area contributed by atoms with Gasteiger partial charge in [-0.25, -0.2) is 4.79 Å². The summed E-state index contributed by atoms with van der Waals surface area (Å²) >= 11 is 0. The molecule has 1 aliphatic heterocycles. The van der Waals surface area contributed by atoms with Gasteiger partial charge < -0.3 is 10.0 Å². The van der Waals surface area contributed by atoms with Crippen LogP contribution in [0, 0.1) is 17.3 Å². The molecular formula is C15H25NO3. The molecule has 0 spiro atoms. The first kappa shape index (κ1) is 14.4. The number of carboxylic acid groups (broad SMARTS) is 1. The Morgan fingerprint density at radius 2 is 1.95 bits per heavy atom. The summed E-state index contributed by atoms with van der Waals surface area (Å²) in [4.78, 5) is 25.4. The number of likely N-dealkylation sites (tertiary alicyclic amines) is 1. The number of hydrogen-bond donors (Lipinski definition) is 1. The number of carbonyl (C=O) groups is 2. The second-order valence-electron chi connectivity index (χ2n) is 7.24. The molecule has 1 saturated heterocycles. The molecule has 3 unspecified atom stereocenters. The summed E-state index contributed by atoms with van der Waals surface area (Å²) in [7, 11) is 0. The highest BCUT2D eigenvalue weighted by atomic mass is 16.4. The Labute approximate surface area is 115 Å². The van der Waals surface area contributed by atoms with E-state index in [0.717, 1.165) is 25.7 Å². The van der Waals surface area contributed by atoms with Crippen molar-refractivity contribution in [2.24, 2.45) is 17.3 Å². The zero-order valence-electron chi connectivity index (χ0n) is 12.2. The van der Waals surface area contributed by atoms with Crippen molar-refractivity contribution in [3.63, 3.8) is 0 Å². The molecule has 0 aromatic carbocycles. The van der Waals surface area contributed by atoms with Crippen molar-refractivity contribution in [1.29, 1.82) is 0 Å². The molecule has 108 valence electrons. The fourth-order valence-electron chi connectivity index (χ4n) is 3.50. The van der Waals surface area contributed by atoms with Crippen molar-refractivity contribution in [3.05, 3.63) is 0 Å². The summed E-state index contributed by atoms with van der Waals surface area (Å²) in [6.45, 7) is 6.97. The van der Waals surface area contributed by atoms with Crippen LogP contribution in [-0.4, -0.2) is 34.5 Å². The van der Waals surface area contributed by atoms with Gasteiger partial charge in [-0.2, -0.15) is 0 Å². The molecule has 1 heterocycles. The lowest BCUT2D eigenvalue weighted by atomic mass is 9.90. The Kier molecular flexibility index (Phi) is 3.88. The van der Waals surface area contributed by atoms with Crippen LogP contribution in [-0.2, 0) is 9.59 Å². The van der Waals surface area contributed by atoms with Gasteiger partial charge in [0.25, 0.3) is 0 Å². The van der Waals surface area contributed by atoms with Crippen molar-refractivity contribution in [2.75, 3.05) is 6.54 Å². The number of carboxylic acids is 1. The standard InChI is InChI=1S/C15H25NO3/c1-15(2,3)8-7-12(17)16-9-10-5-4-6-11(10)13(16)14(18)19/h10-11,13H,4-9H2,1-3H3,(H,18,19). The van der Waals surface area contributed by atoms with Gasteiger partial charge in [-0.05, 0) is 36.5 Å². The minimum atomic E-state index is -0.821. The maximum Gasteiger partial charge on any atom is 0.326 e. The van der Waals surface area contributed by atoms with Crippen molar-refractivity contribution < 1.29 is 14.7 Å². The second kappa shape index (κ2) is 5.14. The smallest absolute Gasteiger partial charge is 0.326 e. The van der Waals surface area contributed by atoms with Crippen LogP contribution in [0.2, 0.25) is 0 Å². The van der Waals surface area contributed by atoms with Gasteiger partial charge in [0.15, 0.2) is 0 Å². The van der Waals surface area contributed by atoms with Crippen molar-refractivity contribution >= 4 is 11.9 Å². The first-order valence-electron chi connectivity index (χ1n) is 7.32. The summed E-state index contributed by atoms with van der Waals surface area (Å²) < 4.78 is 0. The molecule has 0 radical (unpaired) electrons. The SMILES string of the molecule is CC(C)(C)CCC(=O)N1CC2CCCC2C1C(=O)O. The van der Waals surface area contributed by atoms with Gasteiger partial charge in [-0.3, -0.25) is 4.79 Å². The summed E-state index contributed by atoms with van der Waals surface area (Å²) in [5.74, 6) is -0.189. The summed E-state index contributed by atoms with van der Waals surface area (Å²) in [6.07, 6.45) is 4.43. The predicted octanol–water partition coefficient (Wildman–Crippen LogP) is 2.52. The van der Waals surface area contributed by atoms with Crippen LogP contribution in [0.3, 0.4) is 0 Å². The molecule has 1 aliphatic carbocycles. The fourth-order valence-corrected chi connectivity index (χ4v) is 3.50. The monoisotopic (exact) mass is 267 g/mol. The molecule has 1 amide bonds. The van der Waals surface area contributed by atoms with Gasteiger partial charge in [0, 0.05) is 13.0 Å². The number of nitrogens with zero attached hydrogens (tertiary/aromatic N) is 1. The number of hydrogen-bond acceptors (Lipinski definition) is 2. The van der Waals surface area contributed by atoms with Crippen LogP contribution < -0.4 is 0 Å². The van der Waals surface area contributed by atoms with E-state index in [1.165, 1.54) is 0 Å². The molecule has 4 heteroatoms. The van der Waals surface area contributed by atoms with Crippen molar-refractivity contribution in [2.45, 2.75) is 58.9 Å². The molecule has 2 rings (SSSR count). The molecular weight excluding hydrogens is 242 g/mol. The second-order valence-corrected chi connectivity index (χ2v) is 7.24. The molecule has 0 bridgehead atoms. The lowest BCUT2D eigenvalue weighted by Crippen LogP contribution is -2.43. The number of rotatable bonds is 3. The largest absolute Gasteiger partial charge is 0.480 e. The quantitative estimate of drug-likeness (QED) is 0.854. The van der Waals surface area contributed by atoms with E-state index >= 15 is 0 Å². The Morgan fingerprint density at radius 1 is 1.26 bits per heavy atom. The molecule has 19 heavy (non-hydrogen) atoms. The molecule has 2 aliphatic rings. The lowest BCUT2D eigenvalue weighted by Gasteiger charge is -2.26. The summed E-state index contributed by atoms with van der Waals surface area (Å²) in [5.41, 5.74) is 0.115. The van der Waals surface area contributed by atoms with Crippen molar-refractivity contribution in [3.8, 4) is 0 Å². The van der Waals surface area contributed by atoms with Crippen LogP contribution in [0.5, 0.6) is 0 Å². The predicted molar refractivity (Wildman–Crippen MR) is 72.7 cm³/mol. The highest BCUT2D eigenvalue weighted by molar-refractivity contribution is 5.84. The molecule has 0 aromatic rings.